The summed E-state index contributed by atoms with van der Waals surface area (Å²) in [5.41, 5.74) is 2.89. The van der Waals surface area contributed by atoms with E-state index in [0.29, 0.717) is 6.42 Å². The van der Waals surface area contributed by atoms with Crippen LogP contribution < -0.4 is 10.2 Å². The molecule has 0 fully saturated rings. The zero-order valence-corrected chi connectivity index (χ0v) is 12.3. The number of hydrogen-bond acceptors (Lipinski definition) is 5. The minimum absolute atomic E-state index is 0.110. The molecule has 106 valence electrons. The quantitative estimate of drug-likeness (QED) is 0.856. The second kappa shape index (κ2) is 6.38. The minimum atomic E-state index is -0.800. The SMILES string of the molecule is CN(C)c1cccc(Nc2nc(CCC(=O)O)cs2)c1. The maximum absolute atomic E-state index is 10.5. The Hall–Kier alpha value is -2.08. The van der Waals surface area contributed by atoms with Gasteiger partial charge in [-0.1, -0.05) is 6.07 Å². The van der Waals surface area contributed by atoms with Crippen LogP contribution in [0.25, 0.3) is 0 Å². The maximum Gasteiger partial charge on any atom is 0.303 e. The third-order valence-electron chi connectivity index (χ3n) is 2.76. The molecule has 0 bridgehead atoms. The van der Waals surface area contributed by atoms with Crippen LogP contribution in [-0.4, -0.2) is 30.2 Å². The summed E-state index contributed by atoms with van der Waals surface area (Å²) in [6.07, 6.45) is 0.574. The van der Waals surface area contributed by atoms with Crippen molar-refractivity contribution in [1.82, 2.24) is 4.98 Å². The predicted octanol–water partition coefficient (Wildman–Crippen LogP) is 2.97. The van der Waals surface area contributed by atoms with Crippen LogP contribution >= 0.6 is 11.3 Å². The molecule has 1 heterocycles. The Labute approximate surface area is 121 Å². The Kier molecular flexibility index (Phi) is 4.57. The number of aliphatic carboxylic acids is 1. The number of anilines is 3. The standard InChI is InChI=1S/C14H17N3O2S/c1-17(2)12-5-3-4-10(8-12)15-14-16-11(9-20-14)6-7-13(18)19/h3-5,8-9H,6-7H2,1-2H3,(H,15,16)(H,18,19). The van der Waals surface area contributed by atoms with Gasteiger partial charge in [-0.05, 0) is 18.2 Å². The largest absolute Gasteiger partial charge is 0.481 e. The molecule has 2 rings (SSSR count). The second-order valence-electron chi connectivity index (χ2n) is 4.61. The number of carboxylic acids is 1. The van der Waals surface area contributed by atoms with Gasteiger partial charge >= 0.3 is 5.97 Å². The Balaban J connectivity index is 2.03. The van der Waals surface area contributed by atoms with Gasteiger partial charge in [0.1, 0.15) is 0 Å². The van der Waals surface area contributed by atoms with Crippen LogP contribution in [0.5, 0.6) is 0 Å². The molecule has 0 aliphatic heterocycles. The van der Waals surface area contributed by atoms with Crippen LogP contribution in [0, 0.1) is 0 Å². The normalized spacial score (nSPS) is 10.3. The Morgan fingerprint density at radius 2 is 2.25 bits per heavy atom. The highest BCUT2D eigenvalue weighted by molar-refractivity contribution is 7.13. The minimum Gasteiger partial charge on any atom is -0.481 e. The maximum atomic E-state index is 10.5. The van der Waals surface area contributed by atoms with E-state index in [4.69, 9.17) is 5.11 Å². The van der Waals surface area contributed by atoms with Crippen LogP contribution in [0.1, 0.15) is 12.1 Å². The third-order valence-corrected chi connectivity index (χ3v) is 3.57. The predicted molar refractivity (Wildman–Crippen MR) is 82.1 cm³/mol. The van der Waals surface area contributed by atoms with Crippen LogP contribution in [0.15, 0.2) is 29.6 Å². The lowest BCUT2D eigenvalue weighted by Crippen LogP contribution is -2.08. The zero-order chi connectivity index (χ0) is 14.5. The van der Waals surface area contributed by atoms with E-state index in [1.807, 2.05) is 48.6 Å². The number of thiazole rings is 1. The molecular formula is C14H17N3O2S. The van der Waals surface area contributed by atoms with Crippen LogP contribution in [0.4, 0.5) is 16.5 Å². The smallest absolute Gasteiger partial charge is 0.303 e. The van der Waals surface area contributed by atoms with Gasteiger partial charge in [0.2, 0.25) is 0 Å². The number of carboxylic acid groups (broad SMARTS) is 1. The average Bonchev–Trinajstić information content (AvgIpc) is 2.84. The van der Waals surface area contributed by atoms with Crippen molar-refractivity contribution in [2.45, 2.75) is 12.8 Å². The fraction of sp³-hybridized carbons (Fsp3) is 0.286. The molecule has 0 atom stereocenters. The summed E-state index contributed by atoms with van der Waals surface area (Å²) in [4.78, 5) is 16.9. The lowest BCUT2D eigenvalue weighted by molar-refractivity contribution is -0.136. The van der Waals surface area contributed by atoms with E-state index in [1.54, 1.807) is 0 Å². The third kappa shape index (κ3) is 3.96. The van der Waals surface area contributed by atoms with Gasteiger partial charge in [-0.3, -0.25) is 4.79 Å². The van der Waals surface area contributed by atoms with Crippen LogP contribution in [0.2, 0.25) is 0 Å². The average molecular weight is 291 g/mol. The van der Waals surface area contributed by atoms with Gasteiger partial charge < -0.3 is 15.3 Å². The van der Waals surface area contributed by atoms with Gasteiger partial charge in [-0.2, -0.15) is 0 Å². The van der Waals surface area contributed by atoms with Gasteiger partial charge in [0, 0.05) is 37.3 Å². The number of carbonyl (C=O) groups is 1. The highest BCUT2D eigenvalue weighted by atomic mass is 32.1. The van der Waals surface area contributed by atoms with E-state index in [2.05, 4.69) is 10.3 Å². The molecule has 5 nitrogen and oxygen atoms in total. The fourth-order valence-corrected chi connectivity index (χ4v) is 2.46. The number of nitrogens with zero attached hydrogens (tertiary/aromatic N) is 2. The summed E-state index contributed by atoms with van der Waals surface area (Å²) in [6.45, 7) is 0. The summed E-state index contributed by atoms with van der Waals surface area (Å²) < 4.78 is 0. The van der Waals surface area contributed by atoms with Crippen molar-refractivity contribution < 1.29 is 9.90 Å². The van der Waals surface area contributed by atoms with E-state index >= 15 is 0 Å². The fourth-order valence-electron chi connectivity index (χ4n) is 1.70. The lowest BCUT2D eigenvalue weighted by atomic mass is 10.2. The zero-order valence-electron chi connectivity index (χ0n) is 11.5. The number of nitrogens with one attached hydrogen (secondary N) is 1. The molecule has 2 aromatic rings. The van der Waals surface area contributed by atoms with Gasteiger partial charge in [-0.25, -0.2) is 4.98 Å². The Morgan fingerprint density at radius 3 is 2.95 bits per heavy atom. The van der Waals surface area contributed by atoms with E-state index < -0.39 is 5.97 Å². The molecule has 0 saturated heterocycles. The second-order valence-corrected chi connectivity index (χ2v) is 5.47. The molecule has 6 heteroatoms. The van der Waals surface area contributed by atoms with Crippen molar-refractivity contribution in [1.29, 1.82) is 0 Å². The molecule has 0 radical (unpaired) electrons. The first-order chi connectivity index (χ1) is 9.54. The molecule has 1 aromatic heterocycles. The Morgan fingerprint density at radius 1 is 1.45 bits per heavy atom. The number of aromatic nitrogens is 1. The number of aryl methyl sites for hydroxylation is 1. The van der Waals surface area contributed by atoms with E-state index in [1.165, 1.54) is 11.3 Å². The lowest BCUT2D eigenvalue weighted by Gasteiger charge is -2.13. The van der Waals surface area contributed by atoms with Crippen molar-refractivity contribution >= 4 is 33.8 Å². The number of hydrogen-bond donors (Lipinski definition) is 2. The van der Waals surface area contributed by atoms with E-state index in [9.17, 15) is 4.79 Å². The van der Waals surface area contributed by atoms with Crippen molar-refractivity contribution in [3.63, 3.8) is 0 Å². The first kappa shape index (κ1) is 14.3. The van der Waals surface area contributed by atoms with Crippen LogP contribution in [0.3, 0.4) is 0 Å². The molecule has 1 aromatic carbocycles. The number of rotatable bonds is 6. The molecule has 2 N–H and O–H groups in total. The van der Waals surface area contributed by atoms with Gasteiger partial charge in [0.15, 0.2) is 5.13 Å². The molecule has 0 unspecified atom stereocenters. The Bertz CT molecular complexity index is 596. The molecule has 0 aliphatic carbocycles. The molecule has 20 heavy (non-hydrogen) atoms. The highest BCUT2D eigenvalue weighted by Gasteiger charge is 2.05. The number of benzene rings is 1. The van der Waals surface area contributed by atoms with Crippen molar-refractivity contribution in [2.24, 2.45) is 0 Å². The summed E-state index contributed by atoms with van der Waals surface area (Å²) in [5.74, 6) is -0.800. The topological polar surface area (TPSA) is 65.5 Å². The van der Waals surface area contributed by atoms with E-state index in [-0.39, 0.29) is 6.42 Å². The summed E-state index contributed by atoms with van der Waals surface area (Å²) in [6, 6.07) is 8.03. The molecule has 0 saturated carbocycles. The summed E-state index contributed by atoms with van der Waals surface area (Å²) in [5, 5.41) is 14.6. The van der Waals surface area contributed by atoms with Crippen LogP contribution in [-0.2, 0) is 11.2 Å². The monoisotopic (exact) mass is 291 g/mol. The first-order valence-electron chi connectivity index (χ1n) is 6.25. The molecular weight excluding hydrogens is 274 g/mol. The van der Waals surface area contributed by atoms with Gasteiger partial charge in [0.25, 0.3) is 0 Å². The van der Waals surface area contributed by atoms with Gasteiger partial charge in [0.05, 0.1) is 12.1 Å². The van der Waals surface area contributed by atoms with Crippen molar-refractivity contribution in [3.8, 4) is 0 Å². The molecule has 0 spiro atoms. The van der Waals surface area contributed by atoms with Crippen molar-refractivity contribution in [3.05, 3.63) is 35.3 Å². The highest BCUT2D eigenvalue weighted by Crippen LogP contribution is 2.24. The van der Waals surface area contributed by atoms with Crippen molar-refractivity contribution in [2.75, 3.05) is 24.3 Å². The molecule has 0 aliphatic rings. The van der Waals surface area contributed by atoms with Gasteiger partial charge in [-0.15, -0.1) is 11.3 Å². The molecule has 0 amide bonds. The van der Waals surface area contributed by atoms with E-state index in [0.717, 1.165) is 22.2 Å². The first-order valence-corrected chi connectivity index (χ1v) is 7.13. The summed E-state index contributed by atoms with van der Waals surface area (Å²) >= 11 is 1.48. The summed E-state index contributed by atoms with van der Waals surface area (Å²) in [7, 11) is 3.99.